The maximum Gasteiger partial charge on any atom is 0.253 e. The van der Waals surface area contributed by atoms with Crippen LogP contribution in [0.2, 0.25) is 0 Å². The second kappa shape index (κ2) is 11.3. The van der Waals surface area contributed by atoms with E-state index in [0.717, 1.165) is 27.8 Å². The van der Waals surface area contributed by atoms with Crippen LogP contribution >= 0.6 is 0 Å². The van der Waals surface area contributed by atoms with Gasteiger partial charge in [0.1, 0.15) is 5.75 Å². The van der Waals surface area contributed by atoms with Gasteiger partial charge in [-0.1, -0.05) is 48.5 Å². The van der Waals surface area contributed by atoms with Crippen LogP contribution in [0.3, 0.4) is 0 Å². The van der Waals surface area contributed by atoms with Crippen LogP contribution in [0.4, 0.5) is 0 Å². The number of rotatable bonds is 8. The average molecular weight is 497 g/mol. The van der Waals surface area contributed by atoms with Gasteiger partial charge >= 0.3 is 0 Å². The molecule has 1 aliphatic heterocycles. The minimum Gasteiger partial charge on any atom is -0.497 e. The van der Waals surface area contributed by atoms with Gasteiger partial charge in [0.2, 0.25) is 5.91 Å². The highest BCUT2D eigenvalue weighted by Gasteiger charge is 2.24. The largest absolute Gasteiger partial charge is 0.497 e. The third-order valence-electron chi connectivity index (χ3n) is 7.07. The molecule has 3 aromatic carbocycles. The molecule has 0 radical (unpaired) electrons. The normalized spacial score (nSPS) is 14.9. The zero-order chi connectivity index (χ0) is 25.6. The van der Waals surface area contributed by atoms with Crippen LogP contribution < -0.4 is 10.1 Å². The van der Waals surface area contributed by atoms with Crippen LogP contribution in [-0.2, 0) is 4.79 Å². The van der Waals surface area contributed by atoms with Crippen LogP contribution in [-0.4, -0.2) is 73.0 Å². The molecule has 1 unspecified atom stereocenters. The Morgan fingerprint density at radius 2 is 1.62 bits per heavy atom. The number of aromatic nitrogens is 1. The number of aromatic amines is 1. The van der Waals surface area contributed by atoms with Gasteiger partial charge in [-0.05, 0) is 41.5 Å². The Hall–Kier alpha value is -4.10. The predicted molar refractivity (Wildman–Crippen MR) is 145 cm³/mol. The summed E-state index contributed by atoms with van der Waals surface area (Å²) in [6.07, 6.45) is 2.04. The number of carbonyl (C=O) groups excluding carboxylic acids is 2. The first-order valence-electron chi connectivity index (χ1n) is 12.7. The van der Waals surface area contributed by atoms with E-state index in [9.17, 15) is 9.59 Å². The molecule has 1 fully saturated rings. The summed E-state index contributed by atoms with van der Waals surface area (Å²) in [4.78, 5) is 33.0. The molecule has 0 spiro atoms. The summed E-state index contributed by atoms with van der Waals surface area (Å²) < 4.78 is 5.33. The first-order valence-corrected chi connectivity index (χ1v) is 12.7. The lowest BCUT2D eigenvalue weighted by Gasteiger charge is -2.34. The monoisotopic (exact) mass is 496 g/mol. The molecule has 1 aliphatic rings. The highest BCUT2D eigenvalue weighted by molar-refractivity contribution is 5.94. The van der Waals surface area contributed by atoms with Gasteiger partial charge in [0.25, 0.3) is 5.91 Å². The maximum absolute atomic E-state index is 13.0. The van der Waals surface area contributed by atoms with E-state index in [4.69, 9.17) is 4.74 Å². The number of methoxy groups -OCH3 is 1. The Morgan fingerprint density at radius 1 is 0.919 bits per heavy atom. The second-order valence-electron chi connectivity index (χ2n) is 9.35. The zero-order valence-corrected chi connectivity index (χ0v) is 21.0. The number of nitrogens with zero attached hydrogens (tertiary/aromatic N) is 2. The molecule has 1 atom stereocenters. The van der Waals surface area contributed by atoms with E-state index in [2.05, 4.69) is 39.5 Å². The molecule has 1 saturated heterocycles. The Balaban J connectivity index is 1.21. The van der Waals surface area contributed by atoms with Crippen molar-refractivity contribution >= 4 is 22.7 Å². The van der Waals surface area contributed by atoms with Crippen molar-refractivity contribution < 1.29 is 14.3 Å². The summed E-state index contributed by atoms with van der Waals surface area (Å²) in [7, 11) is 1.66. The van der Waals surface area contributed by atoms with Crippen molar-refractivity contribution in [2.24, 2.45) is 0 Å². The van der Waals surface area contributed by atoms with E-state index >= 15 is 0 Å². The van der Waals surface area contributed by atoms with E-state index < -0.39 is 0 Å². The lowest BCUT2D eigenvalue weighted by Crippen LogP contribution is -2.51. The quantitative estimate of drug-likeness (QED) is 0.388. The number of para-hydroxylation sites is 1. The van der Waals surface area contributed by atoms with Crippen molar-refractivity contribution in [2.75, 3.05) is 46.4 Å². The SMILES string of the molecule is COc1ccc(C(CNC(=O)CN2CCN(C(=O)c3ccccc3)CC2)c2c[nH]c3ccccc23)cc1. The fraction of sp³-hybridized carbons (Fsp3) is 0.267. The summed E-state index contributed by atoms with van der Waals surface area (Å²) in [6, 6.07) is 25.6. The van der Waals surface area contributed by atoms with E-state index in [1.54, 1.807) is 7.11 Å². The molecule has 2 N–H and O–H groups in total. The first-order chi connectivity index (χ1) is 18.1. The number of benzene rings is 3. The van der Waals surface area contributed by atoms with E-state index in [-0.39, 0.29) is 17.7 Å². The predicted octanol–water partition coefficient (Wildman–Crippen LogP) is 3.88. The summed E-state index contributed by atoms with van der Waals surface area (Å²) in [5.41, 5.74) is 4.04. The molecule has 4 aromatic rings. The van der Waals surface area contributed by atoms with Gasteiger partial charge in [-0.25, -0.2) is 0 Å². The summed E-state index contributed by atoms with van der Waals surface area (Å²) in [5.74, 6) is 0.827. The minimum atomic E-state index is -0.0128. The third kappa shape index (κ3) is 5.67. The van der Waals surface area contributed by atoms with Crippen molar-refractivity contribution in [3.63, 3.8) is 0 Å². The standard InChI is InChI=1S/C30H32N4O3/c1-37-24-13-11-22(12-14-24)26(27-20-31-28-10-6-5-9-25(27)28)19-32-29(35)21-33-15-17-34(18-16-33)30(36)23-7-3-2-4-8-23/h2-14,20,26,31H,15-19,21H2,1H3,(H,32,35). The molecule has 2 amide bonds. The number of amides is 2. The van der Waals surface area contributed by atoms with E-state index in [1.165, 1.54) is 0 Å². The van der Waals surface area contributed by atoms with Crippen molar-refractivity contribution in [3.05, 3.63) is 102 Å². The number of ether oxygens (including phenoxy) is 1. The minimum absolute atomic E-state index is 0.00801. The number of carbonyl (C=O) groups is 2. The zero-order valence-electron chi connectivity index (χ0n) is 21.0. The number of piperazine rings is 1. The topological polar surface area (TPSA) is 77.7 Å². The summed E-state index contributed by atoms with van der Waals surface area (Å²) in [5, 5.41) is 4.31. The number of nitrogens with one attached hydrogen (secondary N) is 2. The Kier molecular flexibility index (Phi) is 7.51. The number of fused-ring (bicyclic) bond motifs is 1. The van der Waals surface area contributed by atoms with Crippen molar-refractivity contribution in [1.29, 1.82) is 0 Å². The molecule has 7 heteroatoms. The van der Waals surface area contributed by atoms with E-state index in [1.807, 2.05) is 65.7 Å². The van der Waals surface area contributed by atoms with Gasteiger partial charge in [0, 0.05) is 61.3 Å². The van der Waals surface area contributed by atoms with Crippen LogP contribution in [0.5, 0.6) is 5.75 Å². The van der Waals surface area contributed by atoms with Crippen molar-refractivity contribution in [2.45, 2.75) is 5.92 Å². The Morgan fingerprint density at radius 3 is 2.35 bits per heavy atom. The fourth-order valence-electron chi connectivity index (χ4n) is 4.97. The molecule has 0 saturated carbocycles. The fourth-order valence-corrected chi connectivity index (χ4v) is 4.97. The van der Waals surface area contributed by atoms with Gasteiger partial charge in [-0.15, -0.1) is 0 Å². The average Bonchev–Trinajstić information content (AvgIpc) is 3.38. The Bertz CT molecular complexity index is 1340. The van der Waals surface area contributed by atoms with Crippen LogP contribution in [0.15, 0.2) is 85.1 Å². The van der Waals surface area contributed by atoms with Gasteiger partial charge < -0.3 is 19.9 Å². The smallest absolute Gasteiger partial charge is 0.253 e. The molecule has 190 valence electrons. The van der Waals surface area contributed by atoms with Gasteiger partial charge in [0.05, 0.1) is 13.7 Å². The van der Waals surface area contributed by atoms with Gasteiger partial charge in [-0.3, -0.25) is 14.5 Å². The van der Waals surface area contributed by atoms with Crippen LogP contribution in [0.1, 0.15) is 27.4 Å². The van der Waals surface area contributed by atoms with Crippen LogP contribution in [0, 0.1) is 0 Å². The van der Waals surface area contributed by atoms with Crippen LogP contribution in [0.25, 0.3) is 10.9 Å². The van der Waals surface area contributed by atoms with Crippen molar-refractivity contribution in [1.82, 2.24) is 20.1 Å². The third-order valence-corrected chi connectivity index (χ3v) is 7.07. The highest BCUT2D eigenvalue weighted by Crippen LogP contribution is 2.31. The molecule has 37 heavy (non-hydrogen) atoms. The second-order valence-corrected chi connectivity index (χ2v) is 9.35. The molecule has 5 rings (SSSR count). The molecular weight excluding hydrogens is 464 g/mol. The molecule has 0 bridgehead atoms. The number of hydrogen-bond donors (Lipinski definition) is 2. The first kappa shape index (κ1) is 24.6. The summed E-state index contributed by atoms with van der Waals surface area (Å²) in [6.45, 7) is 3.39. The Labute approximate surface area is 217 Å². The number of hydrogen-bond acceptors (Lipinski definition) is 4. The lowest BCUT2D eigenvalue weighted by atomic mass is 9.90. The maximum atomic E-state index is 13.0. The molecule has 2 heterocycles. The summed E-state index contributed by atoms with van der Waals surface area (Å²) >= 11 is 0. The molecule has 7 nitrogen and oxygen atoms in total. The highest BCUT2D eigenvalue weighted by atomic mass is 16.5. The number of H-pyrrole nitrogens is 1. The molecular formula is C30H32N4O3. The molecule has 1 aromatic heterocycles. The molecule has 0 aliphatic carbocycles. The van der Waals surface area contributed by atoms with Gasteiger partial charge in [0.15, 0.2) is 0 Å². The lowest BCUT2D eigenvalue weighted by molar-refractivity contribution is -0.122. The van der Waals surface area contributed by atoms with E-state index in [0.29, 0.717) is 44.8 Å². The van der Waals surface area contributed by atoms with Gasteiger partial charge in [-0.2, -0.15) is 0 Å². The van der Waals surface area contributed by atoms with Crippen molar-refractivity contribution in [3.8, 4) is 5.75 Å².